The molecule has 0 aromatic heterocycles. The van der Waals surface area contributed by atoms with Gasteiger partial charge in [-0.15, -0.1) is 0 Å². The number of nitrogens with zero attached hydrogens (tertiary/aromatic N) is 1. The first-order valence-electron chi connectivity index (χ1n) is 6.04. The Morgan fingerprint density at radius 3 is 2.55 bits per heavy atom. The van der Waals surface area contributed by atoms with Crippen LogP contribution in [0.5, 0.6) is 0 Å². The lowest BCUT2D eigenvalue weighted by Gasteiger charge is -2.19. The number of alkyl halides is 2. The van der Waals surface area contributed by atoms with Crippen molar-refractivity contribution < 1.29 is 28.3 Å². The number of rotatable bonds is 6. The number of hydrogen-bond donors (Lipinski definition) is 3. The van der Waals surface area contributed by atoms with Gasteiger partial charge in [0, 0.05) is 0 Å². The third kappa shape index (κ3) is 3.41. The standard InChI is InChI=1S/C11H17F2N3O4/c1-3-10(2)8(19)16(9(20)15-10)4-7(18)14-5-11(12,13)6-17/h17H,3-6H2,1-2H3,(H,14,18)(H,15,20). The van der Waals surface area contributed by atoms with Gasteiger partial charge >= 0.3 is 6.03 Å². The third-order valence-corrected chi connectivity index (χ3v) is 3.13. The number of aliphatic hydroxyl groups excluding tert-OH is 1. The van der Waals surface area contributed by atoms with Crippen LogP contribution in [0, 0.1) is 0 Å². The van der Waals surface area contributed by atoms with Gasteiger partial charge < -0.3 is 15.7 Å². The summed E-state index contributed by atoms with van der Waals surface area (Å²) in [7, 11) is 0. The Balaban J connectivity index is 2.59. The van der Waals surface area contributed by atoms with Crippen LogP contribution in [0.1, 0.15) is 20.3 Å². The van der Waals surface area contributed by atoms with Crippen LogP contribution in [0.25, 0.3) is 0 Å². The number of aliphatic hydroxyl groups is 1. The molecular weight excluding hydrogens is 276 g/mol. The van der Waals surface area contributed by atoms with E-state index < -0.39 is 49.0 Å². The Hall–Kier alpha value is -1.77. The molecule has 1 aliphatic rings. The minimum atomic E-state index is -3.44. The summed E-state index contributed by atoms with van der Waals surface area (Å²) < 4.78 is 25.5. The molecule has 7 nitrogen and oxygen atoms in total. The maximum Gasteiger partial charge on any atom is 0.325 e. The van der Waals surface area contributed by atoms with Crippen LogP contribution in [0.3, 0.4) is 0 Å². The molecule has 1 heterocycles. The quantitative estimate of drug-likeness (QED) is 0.572. The van der Waals surface area contributed by atoms with E-state index in [0.717, 1.165) is 0 Å². The highest BCUT2D eigenvalue weighted by Crippen LogP contribution is 2.20. The Morgan fingerprint density at radius 2 is 2.10 bits per heavy atom. The van der Waals surface area contributed by atoms with Crippen molar-refractivity contribution in [2.24, 2.45) is 0 Å². The zero-order chi connectivity index (χ0) is 15.6. The predicted octanol–water partition coefficient (Wildman–Crippen LogP) is -0.549. The van der Waals surface area contributed by atoms with Crippen LogP contribution in [0.15, 0.2) is 0 Å². The molecule has 1 aliphatic heterocycles. The van der Waals surface area contributed by atoms with Crippen LogP contribution >= 0.6 is 0 Å². The topological polar surface area (TPSA) is 98.7 Å². The van der Waals surface area contributed by atoms with Crippen LogP contribution in [-0.4, -0.2) is 59.0 Å². The van der Waals surface area contributed by atoms with Crippen LogP contribution in [0.4, 0.5) is 13.6 Å². The van der Waals surface area contributed by atoms with Gasteiger partial charge in [-0.3, -0.25) is 14.5 Å². The minimum absolute atomic E-state index is 0.346. The third-order valence-electron chi connectivity index (χ3n) is 3.13. The summed E-state index contributed by atoms with van der Waals surface area (Å²) in [5.74, 6) is -4.92. The fourth-order valence-corrected chi connectivity index (χ4v) is 1.61. The zero-order valence-electron chi connectivity index (χ0n) is 11.2. The molecule has 4 amide bonds. The number of carbonyl (C=O) groups excluding carboxylic acids is 3. The molecule has 1 fully saturated rings. The van der Waals surface area contributed by atoms with E-state index in [4.69, 9.17) is 5.11 Å². The van der Waals surface area contributed by atoms with Crippen molar-refractivity contribution in [1.82, 2.24) is 15.5 Å². The van der Waals surface area contributed by atoms with Crippen molar-refractivity contribution in [3.8, 4) is 0 Å². The van der Waals surface area contributed by atoms with E-state index >= 15 is 0 Å². The number of halogens is 2. The number of carbonyl (C=O) groups is 3. The molecule has 0 spiro atoms. The van der Waals surface area contributed by atoms with Crippen molar-refractivity contribution in [2.75, 3.05) is 19.7 Å². The summed E-state index contributed by atoms with van der Waals surface area (Å²) in [6.07, 6.45) is 0.346. The minimum Gasteiger partial charge on any atom is -0.390 e. The van der Waals surface area contributed by atoms with E-state index in [-0.39, 0.29) is 0 Å². The van der Waals surface area contributed by atoms with Gasteiger partial charge in [-0.2, -0.15) is 0 Å². The largest absolute Gasteiger partial charge is 0.390 e. The summed E-state index contributed by atoms with van der Waals surface area (Å²) in [4.78, 5) is 35.6. The van der Waals surface area contributed by atoms with Crippen molar-refractivity contribution in [3.05, 3.63) is 0 Å². The molecular formula is C11H17F2N3O4. The summed E-state index contributed by atoms with van der Waals surface area (Å²) >= 11 is 0. The Kier molecular flexibility index (Phi) is 4.64. The van der Waals surface area contributed by atoms with E-state index in [9.17, 15) is 23.2 Å². The number of hydrogen-bond acceptors (Lipinski definition) is 4. The van der Waals surface area contributed by atoms with Crippen LogP contribution in [0.2, 0.25) is 0 Å². The smallest absolute Gasteiger partial charge is 0.325 e. The Labute approximate surface area is 114 Å². The number of nitrogens with one attached hydrogen (secondary N) is 2. The lowest BCUT2D eigenvalue weighted by molar-refractivity contribution is -0.135. The summed E-state index contributed by atoms with van der Waals surface area (Å²) in [5.41, 5.74) is -1.08. The molecule has 0 radical (unpaired) electrons. The highest BCUT2D eigenvalue weighted by Gasteiger charge is 2.47. The molecule has 9 heteroatoms. The lowest BCUT2D eigenvalue weighted by atomic mass is 9.99. The van der Waals surface area contributed by atoms with Gasteiger partial charge in [0.15, 0.2) is 0 Å². The average molecular weight is 293 g/mol. The van der Waals surface area contributed by atoms with E-state index in [1.54, 1.807) is 6.92 Å². The van der Waals surface area contributed by atoms with E-state index in [1.165, 1.54) is 6.92 Å². The normalized spacial score (nSPS) is 22.9. The number of amides is 4. The maximum atomic E-state index is 12.7. The van der Waals surface area contributed by atoms with Crippen molar-refractivity contribution in [3.63, 3.8) is 0 Å². The lowest BCUT2D eigenvalue weighted by Crippen LogP contribution is -2.46. The maximum absolute atomic E-state index is 12.7. The van der Waals surface area contributed by atoms with Crippen molar-refractivity contribution in [1.29, 1.82) is 0 Å². The van der Waals surface area contributed by atoms with Gasteiger partial charge in [0.1, 0.15) is 18.7 Å². The van der Waals surface area contributed by atoms with Crippen molar-refractivity contribution >= 4 is 17.8 Å². The first-order valence-corrected chi connectivity index (χ1v) is 6.04. The second-order valence-electron chi connectivity index (χ2n) is 4.80. The SMILES string of the molecule is CCC1(C)NC(=O)N(CC(=O)NCC(F)(F)CO)C1=O. The fourth-order valence-electron chi connectivity index (χ4n) is 1.61. The molecule has 1 unspecified atom stereocenters. The van der Waals surface area contributed by atoms with Gasteiger partial charge in [-0.05, 0) is 13.3 Å². The highest BCUT2D eigenvalue weighted by atomic mass is 19.3. The first kappa shape index (κ1) is 16.3. The molecule has 0 aromatic rings. The highest BCUT2D eigenvalue weighted by molar-refractivity contribution is 6.08. The molecule has 3 N–H and O–H groups in total. The summed E-state index contributed by atoms with van der Waals surface area (Å²) in [5, 5.41) is 12.6. The van der Waals surface area contributed by atoms with Gasteiger partial charge in [0.05, 0.1) is 6.54 Å². The monoisotopic (exact) mass is 293 g/mol. The van der Waals surface area contributed by atoms with Crippen molar-refractivity contribution in [2.45, 2.75) is 31.7 Å². The second-order valence-corrected chi connectivity index (χ2v) is 4.80. The molecule has 1 rings (SSSR count). The average Bonchev–Trinajstić information content (AvgIpc) is 2.61. The Bertz CT molecular complexity index is 430. The molecule has 0 saturated carbocycles. The Morgan fingerprint density at radius 1 is 1.50 bits per heavy atom. The molecule has 114 valence electrons. The van der Waals surface area contributed by atoms with Crippen LogP contribution < -0.4 is 10.6 Å². The van der Waals surface area contributed by atoms with Gasteiger partial charge in [-0.25, -0.2) is 13.6 Å². The fraction of sp³-hybridized carbons (Fsp3) is 0.727. The van der Waals surface area contributed by atoms with Gasteiger partial charge in [0.25, 0.3) is 11.8 Å². The first-order chi connectivity index (χ1) is 9.15. The molecule has 1 saturated heterocycles. The zero-order valence-corrected chi connectivity index (χ0v) is 11.2. The van der Waals surface area contributed by atoms with Gasteiger partial charge in [-0.1, -0.05) is 6.92 Å². The van der Waals surface area contributed by atoms with Gasteiger partial charge in [0.2, 0.25) is 5.91 Å². The summed E-state index contributed by atoms with van der Waals surface area (Å²) in [6.45, 7) is 0.123. The molecule has 1 atom stereocenters. The van der Waals surface area contributed by atoms with Crippen LogP contribution in [-0.2, 0) is 9.59 Å². The molecule has 20 heavy (non-hydrogen) atoms. The molecule has 0 aliphatic carbocycles. The van der Waals surface area contributed by atoms with E-state index in [2.05, 4.69) is 5.32 Å². The predicted molar refractivity (Wildman–Crippen MR) is 64.0 cm³/mol. The summed E-state index contributed by atoms with van der Waals surface area (Å²) in [6, 6.07) is -0.733. The molecule has 0 aromatic carbocycles. The van der Waals surface area contributed by atoms with E-state index in [0.29, 0.717) is 11.3 Å². The number of imide groups is 1. The van der Waals surface area contributed by atoms with E-state index in [1.807, 2.05) is 5.32 Å². The molecule has 0 bridgehead atoms. The second kappa shape index (κ2) is 5.70. The number of urea groups is 1.